The molecule has 0 aromatic rings. The Balaban J connectivity index is 3.71. The molecule has 2 unspecified atom stereocenters. The van der Waals surface area contributed by atoms with Gasteiger partial charge in [0, 0.05) is 0 Å². The van der Waals surface area contributed by atoms with Gasteiger partial charge in [-0.2, -0.15) is 0 Å². The molecule has 0 heterocycles. The van der Waals surface area contributed by atoms with Gasteiger partial charge in [-0.3, -0.25) is 0 Å². The van der Waals surface area contributed by atoms with E-state index >= 15 is 0 Å². The predicted octanol–water partition coefficient (Wildman–Crippen LogP) is 5.51. The molecule has 0 amide bonds. The number of carbonyl (C=O) groups is 2. The molecule has 27 heavy (non-hydrogen) atoms. The molecule has 0 aromatic heterocycles. The van der Waals surface area contributed by atoms with Gasteiger partial charge in [-0.1, -0.05) is 0 Å². The van der Waals surface area contributed by atoms with Crippen molar-refractivity contribution in [3.8, 4) is 0 Å². The Labute approximate surface area is 186 Å². The van der Waals surface area contributed by atoms with Crippen LogP contribution >= 0.6 is 23.5 Å². The molecule has 2 atom stereocenters. The van der Waals surface area contributed by atoms with Crippen molar-refractivity contribution in [3.63, 3.8) is 0 Å². The molecule has 0 aliphatic carbocycles. The summed E-state index contributed by atoms with van der Waals surface area (Å²) in [7, 11) is 0. The molecule has 4 nitrogen and oxygen atoms in total. The van der Waals surface area contributed by atoms with Crippen LogP contribution in [0.25, 0.3) is 0 Å². The fourth-order valence-electron chi connectivity index (χ4n) is 2.59. The molecule has 7 heteroatoms. The minimum atomic E-state index is -1.83. The van der Waals surface area contributed by atoms with Gasteiger partial charge in [0.25, 0.3) is 0 Å². The summed E-state index contributed by atoms with van der Waals surface area (Å²) in [6, 6.07) is 0. The van der Waals surface area contributed by atoms with Crippen LogP contribution in [-0.2, 0) is 15.7 Å². The van der Waals surface area contributed by atoms with E-state index < -0.39 is 22.0 Å². The van der Waals surface area contributed by atoms with Crippen molar-refractivity contribution in [2.24, 2.45) is 11.8 Å². The van der Waals surface area contributed by atoms with Crippen LogP contribution in [0.1, 0.15) is 79.1 Å². The molecule has 0 bridgehead atoms. The molecular formula is C20H38O4S2Sn. The second-order valence-corrected chi connectivity index (χ2v) is 10.6. The van der Waals surface area contributed by atoms with E-state index in [0.29, 0.717) is 23.3 Å². The molecule has 0 saturated heterocycles. The zero-order valence-electron chi connectivity index (χ0n) is 17.6. The van der Waals surface area contributed by atoms with Crippen molar-refractivity contribution in [2.45, 2.75) is 79.1 Å². The first-order valence-corrected chi connectivity index (χ1v) is 15.0. The van der Waals surface area contributed by atoms with Crippen LogP contribution in [0.3, 0.4) is 0 Å². The van der Waals surface area contributed by atoms with E-state index in [0.717, 1.165) is 24.3 Å². The first-order chi connectivity index (χ1) is 13.1. The topological polar surface area (TPSA) is 52.6 Å². The summed E-state index contributed by atoms with van der Waals surface area (Å²) in [6.45, 7) is 8.82. The zero-order valence-corrected chi connectivity index (χ0v) is 22.1. The number of carbonyl (C=O) groups excluding carboxylic acids is 2. The number of hydrogen-bond donors (Lipinski definition) is 0. The zero-order chi connectivity index (χ0) is 20.3. The molecule has 0 spiro atoms. The van der Waals surface area contributed by atoms with E-state index in [4.69, 9.17) is 6.15 Å². The Hall–Kier alpha value is 0.439. The maximum atomic E-state index is 11.8. The Morgan fingerprint density at radius 2 is 1.19 bits per heavy atom. The van der Waals surface area contributed by atoms with Gasteiger partial charge in [0.05, 0.1) is 0 Å². The van der Waals surface area contributed by atoms with Gasteiger partial charge in [0.15, 0.2) is 0 Å². The van der Waals surface area contributed by atoms with Crippen LogP contribution in [0.2, 0.25) is 0 Å². The van der Waals surface area contributed by atoms with Gasteiger partial charge in [-0.15, -0.1) is 0 Å². The summed E-state index contributed by atoms with van der Waals surface area (Å²) in [5, 5.41) is 0. The molecule has 0 N–H and O–H groups in total. The summed E-state index contributed by atoms with van der Waals surface area (Å²) in [4.78, 5) is 23.5. The number of hydrogen-bond acceptors (Lipinski definition) is 6. The van der Waals surface area contributed by atoms with Crippen LogP contribution < -0.4 is 0 Å². The van der Waals surface area contributed by atoms with E-state index in [-0.39, 0.29) is 11.9 Å². The third kappa shape index (κ3) is 17.0. The van der Waals surface area contributed by atoms with Gasteiger partial charge in [0.1, 0.15) is 0 Å². The molecule has 0 rings (SSSR count). The maximum absolute atomic E-state index is 11.8. The third-order valence-corrected chi connectivity index (χ3v) is 8.61. The van der Waals surface area contributed by atoms with Crippen LogP contribution in [0.5, 0.6) is 0 Å². The van der Waals surface area contributed by atoms with Crippen LogP contribution in [0.4, 0.5) is 0 Å². The third-order valence-electron chi connectivity index (χ3n) is 4.54. The summed E-state index contributed by atoms with van der Waals surface area (Å²) in [5.74, 6) is 3.64. The average molecular weight is 525 g/mol. The van der Waals surface area contributed by atoms with Gasteiger partial charge in [0.2, 0.25) is 0 Å². The summed E-state index contributed by atoms with van der Waals surface area (Å²) >= 11 is 1.45. The molecule has 0 saturated carbocycles. The number of unbranched alkanes of at least 4 members (excludes halogenated alkanes) is 2. The Kier molecular flexibility index (Phi) is 20.1. The Morgan fingerprint density at radius 3 is 1.52 bits per heavy atom. The Bertz CT molecular complexity index is 349. The van der Waals surface area contributed by atoms with Crippen LogP contribution in [0, 0.1) is 11.8 Å². The second-order valence-electron chi connectivity index (χ2n) is 6.89. The van der Waals surface area contributed by atoms with Crippen molar-refractivity contribution in [3.05, 3.63) is 0 Å². The van der Waals surface area contributed by atoms with Gasteiger partial charge in [-0.05, 0) is 0 Å². The first kappa shape index (κ1) is 27.4. The van der Waals surface area contributed by atoms with Gasteiger partial charge >= 0.3 is 187 Å². The second kappa shape index (κ2) is 19.7. The SMILES string of the molecule is CCCCC(CC)CSCC(=O)[O][Sn][O]C(=O)CSCC(CC)CCCC. The average Bonchev–Trinajstić information content (AvgIpc) is 2.67. The standard InChI is InChI=1S/2C10H20O2S.Sn/c2*1-3-5-6-9(4-2)7-13-8-10(11)12;/h2*9H,3-8H2,1-2H3,(H,11,12);/q;;+2/p-2. The molecule has 0 aliphatic heterocycles. The molecule has 0 aliphatic rings. The first-order valence-electron chi connectivity index (χ1n) is 10.4. The van der Waals surface area contributed by atoms with E-state index in [9.17, 15) is 9.59 Å². The van der Waals surface area contributed by atoms with Crippen molar-refractivity contribution in [2.75, 3.05) is 23.0 Å². The van der Waals surface area contributed by atoms with Crippen LogP contribution in [0.15, 0.2) is 0 Å². The van der Waals surface area contributed by atoms with Crippen molar-refractivity contribution < 1.29 is 15.7 Å². The summed E-state index contributed by atoms with van der Waals surface area (Å²) < 4.78 is 10.3. The van der Waals surface area contributed by atoms with E-state index in [2.05, 4.69) is 27.7 Å². The summed E-state index contributed by atoms with van der Waals surface area (Å²) in [6.07, 6.45) is 9.73. The summed E-state index contributed by atoms with van der Waals surface area (Å²) in [5.41, 5.74) is 0. The van der Waals surface area contributed by atoms with Crippen molar-refractivity contribution >= 4 is 57.4 Å². The molecule has 2 radical (unpaired) electrons. The van der Waals surface area contributed by atoms with Crippen molar-refractivity contribution in [1.82, 2.24) is 0 Å². The normalized spacial score (nSPS) is 13.2. The van der Waals surface area contributed by atoms with Gasteiger partial charge < -0.3 is 0 Å². The fourth-order valence-corrected chi connectivity index (χ4v) is 6.40. The van der Waals surface area contributed by atoms with Crippen LogP contribution in [-0.4, -0.2) is 56.9 Å². The quantitative estimate of drug-likeness (QED) is 0.220. The fraction of sp³-hybridized carbons (Fsp3) is 0.900. The number of rotatable bonds is 18. The Morgan fingerprint density at radius 1 is 0.778 bits per heavy atom. The van der Waals surface area contributed by atoms with E-state index in [1.54, 1.807) is 23.5 Å². The molecular weight excluding hydrogens is 487 g/mol. The monoisotopic (exact) mass is 526 g/mol. The molecule has 0 aromatic carbocycles. The van der Waals surface area contributed by atoms with E-state index in [1.165, 1.54) is 38.5 Å². The molecule has 158 valence electrons. The van der Waals surface area contributed by atoms with Crippen molar-refractivity contribution in [1.29, 1.82) is 0 Å². The number of thioether (sulfide) groups is 2. The minimum absolute atomic E-state index is 0.233. The van der Waals surface area contributed by atoms with Gasteiger partial charge in [-0.25, -0.2) is 0 Å². The molecule has 0 fully saturated rings. The predicted molar refractivity (Wildman–Crippen MR) is 119 cm³/mol. The van der Waals surface area contributed by atoms with E-state index in [1.807, 2.05) is 0 Å².